The van der Waals surface area contributed by atoms with Crippen LogP contribution in [0, 0.1) is 17.5 Å². The number of methoxy groups -OCH3 is 1. The molecule has 0 aliphatic heterocycles. The van der Waals surface area contributed by atoms with Crippen LogP contribution in [0.3, 0.4) is 0 Å². The number of aliphatic hydroxyl groups excluding tert-OH is 1. The molecule has 0 radical (unpaired) electrons. The third-order valence-electron chi connectivity index (χ3n) is 5.75. The number of carbonyl (C=O) groups is 1. The first kappa shape index (κ1) is 26.1. The molecule has 0 saturated heterocycles. The Morgan fingerprint density at radius 1 is 1.08 bits per heavy atom. The fourth-order valence-corrected chi connectivity index (χ4v) is 4.06. The van der Waals surface area contributed by atoms with Gasteiger partial charge in [-0.3, -0.25) is 9.78 Å². The van der Waals surface area contributed by atoms with Crippen LogP contribution in [-0.2, 0) is 17.9 Å². The lowest BCUT2D eigenvalue weighted by atomic mass is 10.00. The van der Waals surface area contributed by atoms with Gasteiger partial charge in [-0.15, -0.1) is 0 Å². The van der Waals surface area contributed by atoms with Crippen molar-refractivity contribution < 1.29 is 27.8 Å². The lowest BCUT2D eigenvalue weighted by Gasteiger charge is -2.19. The van der Waals surface area contributed by atoms with Crippen LogP contribution in [0.4, 0.5) is 13.2 Å². The second-order valence-electron chi connectivity index (χ2n) is 8.31. The lowest BCUT2D eigenvalue weighted by molar-refractivity contribution is 0.0930. The zero-order valence-corrected chi connectivity index (χ0v) is 20.0. The Bertz CT molecular complexity index is 1360. The minimum absolute atomic E-state index is 0.120. The van der Waals surface area contributed by atoms with E-state index >= 15 is 8.78 Å². The molecule has 10 heteroatoms. The highest BCUT2D eigenvalue weighted by Gasteiger charge is 2.28. The standard InChI is InChI=1S/C27H25F3N4O3/c1-37-16-34-26(24(30)25(33-34)17-8-10-18(28)11-9-17)23-21(6-4-7-22(23)29)27(36)32-20(12-14-35)15-19-5-2-3-13-31-19/h2-11,13,20,35H,12,14-16H2,1H3,(H,32,36)/t20-/m0/s1. The average Bonchev–Trinajstić information content (AvgIpc) is 3.20. The number of hydrogen-bond donors (Lipinski definition) is 2. The summed E-state index contributed by atoms with van der Waals surface area (Å²) in [4.78, 5) is 17.6. The molecule has 1 amide bonds. The molecule has 0 aliphatic rings. The highest BCUT2D eigenvalue weighted by Crippen LogP contribution is 2.34. The number of amides is 1. The van der Waals surface area contributed by atoms with Crippen LogP contribution in [0.25, 0.3) is 22.5 Å². The number of halogens is 3. The van der Waals surface area contributed by atoms with Crippen molar-refractivity contribution in [1.82, 2.24) is 20.1 Å². The van der Waals surface area contributed by atoms with E-state index in [1.54, 1.807) is 18.3 Å². The number of nitrogens with one attached hydrogen (secondary N) is 1. The molecule has 0 fully saturated rings. The number of benzene rings is 2. The summed E-state index contributed by atoms with van der Waals surface area (Å²) in [7, 11) is 1.37. The van der Waals surface area contributed by atoms with Crippen molar-refractivity contribution in [2.75, 3.05) is 13.7 Å². The van der Waals surface area contributed by atoms with Gasteiger partial charge in [-0.2, -0.15) is 5.10 Å². The monoisotopic (exact) mass is 510 g/mol. The van der Waals surface area contributed by atoms with Crippen molar-refractivity contribution in [3.63, 3.8) is 0 Å². The second kappa shape index (κ2) is 11.8. The molecule has 0 unspecified atom stereocenters. The summed E-state index contributed by atoms with van der Waals surface area (Å²) in [6.07, 6.45) is 2.19. The van der Waals surface area contributed by atoms with Gasteiger partial charge in [0, 0.05) is 43.6 Å². The molecule has 1 atom stereocenters. The fraction of sp³-hybridized carbons (Fsp3) is 0.222. The van der Waals surface area contributed by atoms with Gasteiger partial charge >= 0.3 is 0 Å². The number of carbonyl (C=O) groups excluding carboxylic acids is 1. The number of ether oxygens (including phenoxy) is 1. The molecule has 4 rings (SSSR count). The van der Waals surface area contributed by atoms with E-state index in [9.17, 15) is 14.3 Å². The minimum atomic E-state index is -0.886. The first-order chi connectivity index (χ1) is 17.9. The molecule has 0 saturated carbocycles. The predicted octanol–water partition coefficient (Wildman–Crippen LogP) is 4.36. The molecule has 4 aromatic rings. The van der Waals surface area contributed by atoms with Gasteiger partial charge in [0.05, 0.1) is 11.1 Å². The molecule has 2 heterocycles. The second-order valence-corrected chi connectivity index (χ2v) is 8.31. The van der Waals surface area contributed by atoms with E-state index in [1.807, 2.05) is 6.07 Å². The molecule has 2 aromatic heterocycles. The molecule has 2 N–H and O–H groups in total. The molecule has 7 nitrogen and oxygen atoms in total. The van der Waals surface area contributed by atoms with Crippen molar-refractivity contribution in [3.05, 3.63) is 95.6 Å². The molecule has 0 spiro atoms. The summed E-state index contributed by atoms with van der Waals surface area (Å²) < 4.78 is 50.7. The van der Waals surface area contributed by atoms with Crippen LogP contribution in [-0.4, -0.2) is 45.5 Å². The molecule has 37 heavy (non-hydrogen) atoms. The Labute approximate surface area is 211 Å². The number of nitrogens with zero attached hydrogens (tertiary/aromatic N) is 3. The molecule has 0 aliphatic carbocycles. The third-order valence-corrected chi connectivity index (χ3v) is 5.75. The van der Waals surface area contributed by atoms with E-state index in [0.29, 0.717) is 12.1 Å². The van der Waals surface area contributed by atoms with Crippen molar-refractivity contribution in [1.29, 1.82) is 0 Å². The highest BCUT2D eigenvalue weighted by molar-refractivity contribution is 6.01. The Hall–Kier alpha value is -4.02. The van der Waals surface area contributed by atoms with E-state index in [2.05, 4.69) is 15.4 Å². The van der Waals surface area contributed by atoms with Crippen LogP contribution < -0.4 is 5.32 Å². The Balaban J connectivity index is 1.75. The molecular weight excluding hydrogens is 485 g/mol. The van der Waals surface area contributed by atoms with E-state index in [-0.39, 0.29) is 47.8 Å². The molecule has 2 aromatic carbocycles. The predicted molar refractivity (Wildman–Crippen MR) is 131 cm³/mol. The van der Waals surface area contributed by atoms with E-state index in [0.717, 1.165) is 22.9 Å². The first-order valence-electron chi connectivity index (χ1n) is 11.5. The smallest absolute Gasteiger partial charge is 0.252 e. The molecule has 0 bridgehead atoms. The number of rotatable bonds is 10. The summed E-state index contributed by atoms with van der Waals surface area (Å²) in [6, 6.07) is 13.7. The maximum absolute atomic E-state index is 15.8. The molecular formula is C27H25F3N4O3. The van der Waals surface area contributed by atoms with Crippen LogP contribution in [0.15, 0.2) is 66.9 Å². The zero-order valence-electron chi connectivity index (χ0n) is 20.0. The Kier molecular flexibility index (Phi) is 8.32. The maximum atomic E-state index is 15.8. The molecule has 192 valence electrons. The van der Waals surface area contributed by atoms with Gasteiger partial charge in [0.1, 0.15) is 29.8 Å². The maximum Gasteiger partial charge on any atom is 0.252 e. The van der Waals surface area contributed by atoms with Gasteiger partial charge in [-0.25, -0.2) is 17.9 Å². The highest BCUT2D eigenvalue weighted by atomic mass is 19.1. The van der Waals surface area contributed by atoms with E-state index in [4.69, 9.17) is 4.74 Å². The van der Waals surface area contributed by atoms with Crippen LogP contribution in [0.2, 0.25) is 0 Å². The summed E-state index contributed by atoms with van der Waals surface area (Å²) in [5, 5.41) is 16.5. The van der Waals surface area contributed by atoms with Gasteiger partial charge in [-0.05, 0) is 55.0 Å². The minimum Gasteiger partial charge on any atom is -0.396 e. The van der Waals surface area contributed by atoms with Gasteiger partial charge < -0.3 is 15.2 Å². The van der Waals surface area contributed by atoms with Crippen LogP contribution in [0.1, 0.15) is 22.5 Å². The summed E-state index contributed by atoms with van der Waals surface area (Å²) in [5.74, 6) is -2.88. The van der Waals surface area contributed by atoms with E-state index in [1.165, 1.54) is 31.4 Å². The number of aromatic nitrogens is 3. The summed E-state index contributed by atoms with van der Waals surface area (Å²) in [6.45, 7) is -0.417. The quantitative estimate of drug-likeness (QED) is 0.331. The topological polar surface area (TPSA) is 89.3 Å². The zero-order chi connectivity index (χ0) is 26.4. The van der Waals surface area contributed by atoms with Gasteiger partial charge in [0.2, 0.25) is 0 Å². The van der Waals surface area contributed by atoms with Gasteiger partial charge in [0.25, 0.3) is 5.91 Å². The largest absolute Gasteiger partial charge is 0.396 e. The van der Waals surface area contributed by atoms with Crippen molar-refractivity contribution in [3.8, 4) is 22.5 Å². The third kappa shape index (κ3) is 5.87. The Morgan fingerprint density at radius 2 is 1.86 bits per heavy atom. The van der Waals surface area contributed by atoms with Crippen LogP contribution in [0.5, 0.6) is 0 Å². The first-order valence-corrected chi connectivity index (χ1v) is 11.5. The SMILES string of the molecule is COCn1nc(-c2ccc(F)cc2)c(F)c1-c1c(F)cccc1C(=O)N[C@@H](CCO)Cc1ccccn1. The number of aliphatic hydroxyl groups is 1. The normalized spacial score (nSPS) is 11.9. The average molecular weight is 511 g/mol. The van der Waals surface area contributed by atoms with Crippen LogP contribution >= 0.6 is 0 Å². The van der Waals surface area contributed by atoms with Gasteiger partial charge in [-0.1, -0.05) is 12.1 Å². The van der Waals surface area contributed by atoms with Crippen molar-refractivity contribution in [2.24, 2.45) is 0 Å². The Morgan fingerprint density at radius 3 is 2.54 bits per heavy atom. The van der Waals surface area contributed by atoms with E-state index < -0.39 is 29.4 Å². The van der Waals surface area contributed by atoms with Gasteiger partial charge in [0.15, 0.2) is 5.82 Å². The number of hydrogen-bond acceptors (Lipinski definition) is 5. The lowest BCUT2D eigenvalue weighted by Crippen LogP contribution is -2.37. The van der Waals surface area contributed by atoms with Crippen molar-refractivity contribution in [2.45, 2.75) is 25.6 Å². The fourth-order valence-electron chi connectivity index (χ4n) is 4.06. The summed E-state index contributed by atoms with van der Waals surface area (Å²) in [5.41, 5.74) is 0.134. The summed E-state index contributed by atoms with van der Waals surface area (Å²) >= 11 is 0. The van der Waals surface area contributed by atoms with Crippen molar-refractivity contribution >= 4 is 5.91 Å². The number of pyridine rings is 1.